The van der Waals surface area contributed by atoms with Crippen LogP contribution < -0.4 is 5.73 Å². The van der Waals surface area contributed by atoms with Crippen molar-refractivity contribution in [3.63, 3.8) is 0 Å². The average Bonchev–Trinajstić information content (AvgIpc) is 2.27. The van der Waals surface area contributed by atoms with Crippen molar-refractivity contribution in [2.45, 2.75) is 11.6 Å². The van der Waals surface area contributed by atoms with E-state index in [0.29, 0.717) is 6.54 Å². The van der Waals surface area contributed by atoms with Crippen LogP contribution in [0.2, 0.25) is 0 Å². The Hall–Kier alpha value is -1.06. The predicted molar refractivity (Wildman–Crippen MR) is 61.4 cm³/mol. The SMILES string of the molecule is CSc1nc2ccccc2cc1CN. The number of thioether (sulfide) groups is 1. The van der Waals surface area contributed by atoms with Crippen LogP contribution in [0.25, 0.3) is 10.9 Å². The summed E-state index contributed by atoms with van der Waals surface area (Å²) in [6.07, 6.45) is 2.02. The molecule has 0 aliphatic rings. The van der Waals surface area contributed by atoms with Gasteiger partial charge in [0, 0.05) is 11.9 Å². The van der Waals surface area contributed by atoms with Gasteiger partial charge in [0.25, 0.3) is 0 Å². The lowest BCUT2D eigenvalue weighted by atomic mass is 10.1. The molecule has 14 heavy (non-hydrogen) atoms. The minimum Gasteiger partial charge on any atom is -0.326 e. The first-order valence-corrected chi connectivity index (χ1v) is 5.70. The summed E-state index contributed by atoms with van der Waals surface area (Å²) in [5.74, 6) is 0. The van der Waals surface area contributed by atoms with Gasteiger partial charge in [0.2, 0.25) is 0 Å². The third kappa shape index (κ3) is 1.61. The van der Waals surface area contributed by atoms with Crippen molar-refractivity contribution in [1.82, 2.24) is 4.98 Å². The summed E-state index contributed by atoms with van der Waals surface area (Å²) in [4.78, 5) is 4.55. The van der Waals surface area contributed by atoms with Crippen LogP contribution in [-0.4, -0.2) is 11.2 Å². The van der Waals surface area contributed by atoms with Crippen LogP contribution in [0, 0.1) is 0 Å². The van der Waals surface area contributed by atoms with E-state index in [0.717, 1.165) is 21.5 Å². The van der Waals surface area contributed by atoms with E-state index in [1.807, 2.05) is 24.5 Å². The first-order chi connectivity index (χ1) is 6.85. The van der Waals surface area contributed by atoms with Crippen molar-refractivity contribution in [1.29, 1.82) is 0 Å². The molecule has 0 amide bonds. The molecule has 0 radical (unpaired) electrons. The molecule has 0 saturated heterocycles. The number of rotatable bonds is 2. The van der Waals surface area contributed by atoms with Gasteiger partial charge >= 0.3 is 0 Å². The second kappa shape index (κ2) is 3.98. The maximum Gasteiger partial charge on any atom is 0.101 e. The molecule has 3 heteroatoms. The zero-order valence-electron chi connectivity index (χ0n) is 8.03. The fourth-order valence-electron chi connectivity index (χ4n) is 1.47. The molecule has 72 valence electrons. The van der Waals surface area contributed by atoms with Crippen molar-refractivity contribution in [3.05, 3.63) is 35.9 Å². The number of hydrogen-bond acceptors (Lipinski definition) is 3. The third-order valence-electron chi connectivity index (χ3n) is 2.18. The number of para-hydroxylation sites is 1. The molecule has 1 heterocycles. The van der Waals surface area contributed by atoms with Crippen molar-refractivity contribution in [2.75, 3.05) is 6.26 Å². The van der Waals surface area contributed by atoms with Gasteiger partial charge in [-0.1, -0.05) is 18.2 Å². The van der Waals surface area contributed by atoms with E-state index in [1.165, 1.54) is 0 Å². The Morgan fingerprint density at radius 3 is 2.86 bits per heavy atom. The fourth-order valence-corrected chi connectivity index (χ4v) is 2.06. The summed E-state index contributed by atoms with van der Waals surface area (Å²) in [6.45, 7) is 0.550. The second-order valence-corrected chi connectivity index (χ2v) is 3.85. The zero-order valence-corrected chi connectivity index (χ0v) is 8.84. The van der Waals surface area contributed by atoms with Crippen LogP contribution >= 0.6 is 11.8 Å². The Labute approximate surface area is 87.5 Å². The number of nitrogens with two attached hydrogens (primary N) is 1. The molecule has 0 saturated carbocycles. The van der Waals surface area contributed by atoms with Crippen molar-refractivity contribution in [3.8, 4) is 0 Å². The number of nitrogens with zero attached hydrogens (tertiary/aromatic N) is 1. The Bertz CT molecular complexity index is 411. The molecule has 0 spiro atoms. The highest BCUT2D eigenvalue weighted by molar-refractivity contribution is 7.98. The molecule has 0 fully saturated rings. The van der Waals surface area contributed by atoms with E-state index < -0.39 is 0 Å². The maximum absolute atomic E-state index is 5.66. The predicted octanol–water partition coefficient (Wildman–Crippen LogP) is 2.42. The summed E-state index contributed by atoms with van der Waals surface area (Å²) >= 11 is 1.64. The molecular formula is C11H12N2S. The van der Waals surface area contributed by atoms with Gasteiger partial charge in [-0.3, -0.25) is 0 Å². The molecule has 0 aliphatic heterocycles. The summed E-state index contributed by atoms with van der Waals surface area (Å²) in [6, 6.07) is 10.2. The Morgan fingerprint density at radius 2 is 2.14 bits per heavy atom. The molecule has 2 aromatic rings. The van der Waals surface area contributed by atoms with Gasteiger partial charge in [-0.2, -0.15) is 0 Å². The van der Waals surface area contributed by atoms with Crippen molar-refractivity contribution < 1.29 is 0 Å². The lowest BCUT2D eigenvalue weighted by molar-refractivity contribution is 0.984. The molecule has 1 aromatic heterocycles. The molecule has 0 bridgehead atoms. The van der Waals surface area contributed by atoms with Crippen LogP contribution in [0.5, 0.6) is 0 Å². The largest absolute Gasteiger partial charge is 0.326 e. The van der Waals surface area contributed by atoms with Crippen LogP contribution in [0.15, 0.2) is 35.4 Å². The van der Waals surface area contributed by atoms with Crippen molar-refractivity contribution >= 4 is 22.7 Å². The van der Waals surface area contributed by atoms with Crippen LogP contribution in [0.3, 0.4) is 0 Å². The third-order valence-corrected chi connectivity index (χ3v) is 2.92. The molecular weight excluding hydrogens is 192 g/mol. The molecule has 2 nitrogen and oxygen atoms in total. The first kappa shape index (κ1) is 9.49. The highest BCUT2D eigenvalue weighted by Crippen LogP contribution is 2.22. The fraction of sp³-hybridized carbons (Fsp3) is 0.182. The minimum atomic E-state index is 0.550. The van der Waals surface area contributed by atoms with E-state index in [-0.39, 0.29) is 0 Å². The lowest BCUT2D eigenvalue weighted by Gasteiger charge is -2.05. The number of fused-ring (bicyclic) bond motifs is 1. The highest BCUT2D eigenvalue weighted by atomic mass is 32.2. The molecule has 0 atom stereocenters. The quantitative estimate of drug-likeness (QED) is 0.763. The number of benzene rings is 1. The molecule has 0 unspecified atom stereocenters. The van der Waals surface area contributed by atoms with Crippen LogP contribution in [0.4, 0.5) is 0 Å². The second-order valence-electron chi connectivity index (χ2n) is 3.05. The van der Waals surface area contributed by atoms with Gasteiger partial charge in [0.15, 0.2) is 0 Å². The number of aromatic nitrogens is 1. The molecule has 1 aromatic carbocycles. The molecule has 2 rings (SSSR count). The Kier molecular flexibility index (Phi) is 2.70. The summed E-state index contributed by atoms with van der Waals surface area (Å²) in [5, 5.41) is 2.19. The Morgan fingerprint density at radius 1 is 1.36 bits per heavy atom. The smallest absolute Gasteiger partial charge is 0.101 e. The van der Waals surface area contributed by atoms with E-state index in [2.05, 4.69) is 17.1 Å². The van der Waals surface area contributed by atoms with Crippen LogP contribution in [0.1, 0.15) is 5.56 Å². The zero-order chi connectivity index (χ0) is 9.97. The minimum absolute atomic E-state index is 0.550. The van der Waals surface area contributed by atoms with Crippen LogP contribution in [-0.2, 0) is 6.54 Å². The van der Waals surface area contributed by atoms with Gasteiger partial charge in [-0.15, -0.1) is 11.8 Å². The number of hydrogen-bond donors (Lipinski definition) is 1. The molecule has 0 aliphatic carbocycles. The standard InChI is InChI=1S/C11H12N2S/c1-14-11-9(7-12)6-8-4-2-3-5-10(8)13-11/h2-6H,7,12H2,1H3. The van der Waals surface area contributed by atoms with E-state index in [4.69, 9.17) is 5.73 Å². The summed E-state index contributed by atoms with van der Waals surface area (Å²) in [7, 11) is 0. The number of pyridine rings is 1. The van der Waals surface area contributed by atoms with Gasteiger partial charge in [-0.25, -0.2) is 4.98 Å². The lowest BCUT2D eigenvalue weighted by Crippen LogP contribution is -2.00. The maximum atomic E-state index is 5.66. The van der Waals surface area contributed by atoms with E-state index in [1.54, 1.807) is 11.8 Å². The Balaban J connectivity index is 2.69. The van der Waals surface area contributed by atoms with Gasteiger partial charge in [-0.05, 0) is 24.0 Å². The monoisotopic (exact) mass is 204 g/mol. The summed E-state index contributed by atoms with van der Waals surface area (Å²) < 4.78 is 0. The topological polar surface area (TPSA) is 38.9 Å². The van der Waals surface area contributed by atoms with E-state index >= 15 is 0 Å². The highest BCUT2D eigenvalue weighted by Gasteiger charge is 2.03. The first-order valence-electron chi connectivity index (χ1n) is 4.48. The normalized spacial score (nSPS) is 10.7. The summed E-state index contributed by atoms with van der Waals surface area (Å²) in [5.41, 5.74) is 7.82. The van der Waals surface area contributed by atoms with Gasteiger partial charge in [0.1, 0.15) is 5.03 Å². The van der Waals surface area contributed by atoms with Gasteiger partial charge in [0.05, 0.1) is 5.52 Å². The van der Waals surface area contributed by atoms with Gasteiger partial charge < -0.3 is 5.73 Å². The molecule has 2 N–H and O–H groups in total. The van der Waals surface area contributed by atoms with Crippen molar-refractivity contribution in [2.24, 2.45) is 5.73 Å². The average molecular weight is 204 g/mol. The van der Waals surface area contributed by atoms with E-state index in [9.17, 15) is 0 Å².